The van der Waals surface area contributed by atoms with Crippen molar-refractivity contribution < 1.29 is 9.53 Å². The molecule has 1 aromatic carbocycles. The average Bonchev–Trinajstić information content (AvgIpc) is 3.11. The fourth-order valence-electron chi connectivity index (χ4n) is 4.01. The molecule has 31 heavy (non-hydrogen) atoms. The molecule has 3 heterocycles. The number of carbonyl (C=O) groups excluding carboxylic acids is 1. The molecule has 0 spiro atoms. The number of aryl methyl sites for hydroxylation is 1. The molecule has 6 nitrogen and oxygen atoms in total. The molecule has 2 atom stereocenters. The van der Waals surface area contributed by atoms with Gasteiger partial charge < -0.3 is 4.74 Å². The van der Waals surface area contributed by atoms with Crippen LogP contribution < -0.4 is 20.9 Å². The van der Waals surface area contributed by atoms with Gasteiger partial charge in [0.15, 0.2) is 11.2 Å². The van der Waals surface area contributed by atoms with E-state index < -0.39 is 5.41 Å². The summed E-state index contributed by atoms with van der Waals surface area (Å²) in [5.41, 5.74) is 2.53. The molecule has 1 aliphatic carbocycles. The fraction of sp³-hybridized carbons (Fsp3) is 0.280. The van der Waals surface area contributed by atoms with Gasteiger partial charge in [-0.1, -0.05) is 57.2 Å². The van der Waals surface area contributed by atoms with Crippen LogP contribution in [0.3, 0.4) is 0 Å². The van der Waals surface area contributed by atoms with Gasteiger partial charge in [0.25, 0.3) is 5.91 Å². The van der Waals surface area contributed by atoms with Crippen molar-refractivity contribution in [2.24, 2.45) is 15.4 Å². The van der Waals surface area contributed by atoms with Crippen LogP contribution >= 0.6 is 0 Å². The van der Waals surface area contributed by atoms with E-state index in [2.05, 4.69) is 11.1 Å². The smallest absolute Gasteiger partial charge is 0.253 e. The van der Waals surface area contributed by atoms with Crippen LogP contribution in [0.2, 0.25) is 0 Å². The maximum absolute atomic E-state index is 12.9. The number of benzene rings is 1. The van der Waals surface area contributed by atoms with Gasteiger partial charge in [-0.25, -0.2) is 0 Å². The van der Waals surface area contributed by atoms with Gasteiger partial charge >= 0.3 is 0 Å². The number of rotatable bonds is 0. The first-order valence-electron chi connectivity index (χ1n) is 10.3. The highest BCUT2D eigenvalue weighted by molar-refractivity contribution is 5.82. The number of fused-ring (bicyclic) bond motifs is 6. The molecule has 154 valence electrons. The van der Waals surface area contributed by atoms with Gasteiger partial charge in [0.2, 0.25) is 0 Å². The van der Waals surface area contributed by atoms with E-state index in [1.54, 1.807) is 0 Å². The number of carbonyl (C=O) groups is 1. The minimum atomic E-state index is -0.676. The molecule has 0 saturated carbocycles. The second-order valence-corrected chi connectivity index (χ2v) is 9.08. The molecule has 0 radical (unpaired) electrons. The largest absolute Gasteiger partial charge is 0.454 e. The molecule has 1 amide bonds. The first kappa shape index (κ1) is 19.3. The predicted octanol–water partition coefficient (Wildman–Crippen LogP) is 2.75. The van der Waals surface area contributed by atoms with E-state index in [1.807, 2.05) is 80.8 Å². The third-order valence-corrected chi connectivity index (χ3v) is 5.68. The third kappa shape index (κ3) is 2.97. The molecular weight excluding hydrogens is 388 g/mol. The number of nitrogens with zero attached hydrogens (tertiary/aromatic N) is 4. The number of ether oxygens (including phenoxy) is 1. The standard InChI is InChI=1S/C25H22N4O2/c1-14-9-10-15-12-16-21(31-20(15)11-14)17(13-26)23(28-24(30)25(2,3)4)29-19-8-6-5-7-18(19)27-22(16)29/h5-12,18-19H,1-4H3. The summed E-state index contributed by atoms with van der Waals surface area (Å²) in [4.78, 5) is 22.2. The molecule has 2 unspecified atom stereocenters. The molecule has 3 aliphatic rings. The van der Waals surface area contributed by atoms with Gasteiger partial charge in [-0.2, -0.15) is 10.3 Å². The Morgan fingerprint density at radius 1 is 1.26 bits per heavy atom. The lowest BCUT2D eigenvalue weighted by atomic mass is 9.96. The zero-order valence-electron chi connectivity index (χ0n) is 17.9. The van der Waals surface area contributed by atoms with Crippen LogP contribution in [0.4, 0.5) is 0 Å². The maximum atomic E-state index is 12.9. The number of hydrogen-bond acceptors (Lipinski definition) is 4. The zero-order chi connectivity index (χ0) is 21.9. The molecule has 0 fully saturated rings. The van der Waals surface area contributed by atoms with Gasteiger partial charge in [-0.05, 0) is 24.6 Å². The second-order valence-electron chi connectivity index (χ2n) is 9.08. The van der Waals surface area contributed by atoms with Crippen molar-refractivity contribution in [1.29, 1.82) is 5.26 Å². The summed E-state index contributed by atoms with van der Waals surface area (Å²) in [6.45, 7) is 7.43. The van der Waals surface area contributed by atoms with Crippen LogP contribution in [-0.2, 0) is 4.79 Å². The highest BCUT2D eigenvalue weighted by atomic mass is 16.5. The van der Waals surface area contributed by atoms with Crippen molar-refractivity contribution >= 4 is 12.0 Å². The monoisotopic (exact) mass is 410 g/mol. The van der Waals surface area contributed by atoms with Crippen LogP contribution in [-0.4, -0.2) is 16.5 Å². The van der Waals surface area contributed by atoms with Gasteiger partial charge in [0.1, 0.15) is 22.9 Å². The number of allylic oxidation sites excluding steroid dienone is 2. The zero-order valence-corrected chi connectivity index (χ0v) is 17.9. The van der Waals surface area contributed by atoms with Gasteiger partial charge in [0.05, 0.1) is 17.3 Å². The summed E-state index contributed by atoms with van der Waals surface area (Å²) in [5, 5.41) is 10.9. The van der Waals surface area contributed by atoms with Crippen LogP contribution in [0.5, 0.6) is 11.5 Å². The number of amides is 1. The Bertz CT molecular complexity index is 1440. The van der Waals surface area contributed by atoms with E-state index in [9.17, 15) is 10.1 Å². The summed E-state index contributed by atoms with van der Waals surface area (Å²) in [5.74, 6) is 0.786. The van der Waals surface area contributed by atoms with Crippen LogP contribution in [0.25, 0.3) is 6.08 Å². The van der Waals surface area contributed by atoms with Crippen LogP contribution in [0.1, 0.15) is 43.5 Å². The summed E-state index contributed by atoms with van der Waals surface area (Å²) in [7, 11) is 0. The van der Waals surface area contributed by atoms with Crippen molar-refractivity contribution in [2.45, 2.75) is 39.8 Å². The van der Waals surface area contributed by atoms with Crippen molar-refractivity contribution in [3.63, 3.8) is 0 Å². The highest BCUT2D eigenvalue weighted by Gasteiger charge is 2.32. The lowest BCUT2D eigenvalue weighted by Gasteiger charge is -2.21. The van der Waals surface area contributed by atoms with E-state index in [0.29, 0.717) is 22.5 Å². The van der Waals surface area contributed by atoms with E-state index in [4.69, 9.17) is 9.73 Å². The average molecular weight is 410 g/mol. The molecule has 0 saturated heterocycles. The first-order valence-corrected chi connectivity index (χ1v) is 10.3. The number of aromatic nitrogens is 1. The normalized spacial score (nSPS) is 20.4. The van der Waals surface area contributed by atoms with Crippen molar-refractivity contribution in [2.75, 3.05) is 0 Å². The second kappa shape index (κ2) is 6.64. The van der Waals surface area contributed by atoms with Gasteiger partial charge in [0, 0.05) is 11.0 Å². The SMILES string of the molecule is Cc1ccc2c(c1)Oc1c(C#N)c(=NC(=O)C(C)(C)C)n3c(c1=C2)=NC1C=CC=CC13. The summed E-state index contributed by atoms with van der Waals surface area (Å²) in [6.07, 6.45) is 9.97. The topological polar surface area (TPSA) is 79.7 Å². The first-order chi connectivity index (χ1) is 14.8. The summed E-state index contributed by atoms with van der Waals surface area (Å²) < 4.78 is 8.14. The Kier molecular flexibility index (Phi) is 4.13. The minimum Gasteiger partial charge on any atom is -0.454 e. The highest BCUT2D eigenvalue weighted by Crippen LogP contribution is 2.31. The summed E-state index contributed by atoms with van der Waals surface area (Å²) in [6, 6.07) is 7.96. The molecule has 0 bridgehead atoms. The van der Waals surface area contributed by atoms with Gasteiger partial charge in [-0.15, -0.1) is 0 Å². The Labute approximate surface area is 179 Å². The molecule has 0 N–H and O–H groups in total. The lowest BCUT2D eigenvalue weighted by Crippen LogP contribution is -2.46. The van der Waals surface area contributed by atoms with Gasteiger partial charge in [-0.3, -0.25) is 14.4 Å². The molecular formula is C25H22N4O2. The van der Waals surface area contributed by atoms with E-state index in [0.717, 1.165) is 16.3 Å². The van der Waals surface area contributed by atoms with Crippen molar-refractivity contribution in [3.8, 4) is 17.6 Å². The fourth-order valence-corrected chi connectivity index (χ4v) is 4.01. The van der Waals surface area contributed by atoms with E-state index in [1.165, 1.54) is 0 Å². The maximum Gasteiger partial charge on any atom is 0.253 e. The molecule has 2 aliphatic heterocycles. The molecule has 5 rings (SSSR count). The molecule has 6 heteroatoms. The number of hydrogen-bond donors (Lipinski definition) is 0. The quantitative estimate of drug-likeness (QED) is 0.572. The van der Waals surface area contributed by atoms with E-state index in [-0.39, 0.29) is 23.6 Å². The molecule has 2 aromatic rings. The number of nitriles is 1. The Hall–Kier alpha value is -3.72. The molecule has 1 aromatic heterocycles. The minimum absolute atomic E-state index is 0.116. The Morgan fingerprint density at radius 2 is 2.03 bits per heavy atom. The van der Waals surface area contributed by atoms with Crippen LogP contribution in [0, 0.1) is 23.7 Å². The van der Waals surface area contributed by atoms with Crippen LogP contribution in [0.15, 0.2) is 52.5 Å². The third-order valence-electron chi connectivity index (χ3n) is 5.68. The van der Waals surface area contributed by atoms with Crippen molar-refractivity contribution in [3.05, 3.63) is 75.4 Å². The van der Waals surface area contributed by atoms with E-state index >= 15 is 0 Å². The van der Waals surface area contributed by atoms with Crippen molar-refractivity contribution in [1.82, 2.24) is 4.57 Å². The Balaban J connectivity index is 1.93. The Morgan fingerprint density at radius 3 is 2.77 bits per heavy atom. The summed E-state index contributed by atoms with van der Waals surface area (Å²) >= 11 is 0. The lowest BCUT2D eigenvalue weighted by molar-refractivity contribution is -0.125. The predicted molar refractivity (Wildman–Crippen MR) is 116 cm³/mol. The number of pyridine rings is 1.